The number of hydrogen-bond acceptors (Lipinski definition) is 5. The SMILES string of the molecule is CC(C)CN1C(=O)C(C)(C)COc2ccc(NS(=O)(=O)c3cccnc3)cc21. The number of amides is 1. The molecule has 28 heavy (non-hydrogen) atoms. The van der Waals surface area contributed by atoms with Crippen LogP contribution >= 0.6 is 0 Å². The maximum atomic E-state index is 13.1. The summed E-state index contributed by atoms with van der Waals surface area (Å²) in [6.07, 6.45) is 2.79. The number of benzene rings is 1. The Balaban J connectivity index is 2.00. The summed E-state index contributed by atoms with van der Waals surface area (Å²) in [5, 5.41) is 0. The fraction of sp³-hybridized carbons (Fsp3) is 0.400. The zero-order valence-electron chi connectivity index (χ0n) is 16.5. The Bertz CT molecular complexity index is 972. The molecule has 150 valence electrons. The Morgan fingerprint density at radius 3 is 2.68 bits per heavy atom. The van der Waals surface area contributed by atoms with E-state index >= 15 is 0 Å². The van der Waals surface area contributed by atoms with Crippen LogP contribution in [-0.4, -0.2) is 32.5 Å². The van der Waals surface area contributed by atoms with Crippen LogP contribution in [0.15, 0.2) is 47.6 Å². The van der Waals surface area contributed by atoms with E-state index in [0.717, 1.165) is 0 Å². The minimum absolute atomic E-state index is 0.0489. The van der Waals surface area contributed by atoms with Crippen LogP contribution in [0.3, 0.4) is 0 Å². The van der Waals surface area contributed by atoms with Crippen molar-refractivity contribution < 1.29 is 17.9 Å². The van der Waals surface area contributed by atoms with E-state index in [1.165, 1.54) is 18.5 Å². The number of pyridine rings is 1. The number of hydrogen-bond donors (Lipinski definition) is 1. The number of rotatable bonds is 5. The number of aromatic nitrogens is 1. The van der Waals surface area contributed by atoms with E-state index in [2.05, 4.69) is 9.71 Å². The monoisotopic (exact) mass is 403 g/mol. The van der Waals surface area contributed by atoms with Gasteiger partial charge in [-0.2, -0.15) is 0 Å². The zero-order chi connectivity index (χ0) is 20.5. The lowest BCUT2D eigenvalue weighted by Crippen LogP contribution is -2.43. The first-order chi connectivity index (χ1) is 13.1. The molecule has 1 aliphatic rings. The van der Waals surface area contributed by atoms with Crippen LogP contribution in [0.2, 0.25) is 0 Å². The van der Waals surface area contributed by atoms with Crippen molar-refractivity contribution in [1.29, 1.82) is 0 Å². The molecule has 0 fully saturated rings. The third-order valence-electron chi connectivity index (χ3n) is 4.41. The normalized spacial score (nSPS) is 16.3. The standard InChI is InChI=1S/C20H25N3O4S/c1-14(2)12-23-17-10-15(22-28(25,26)16-6-5-9-21-11-16)7-8-18(17)27-13-20(3,4)19(23)24/h5-11,14,22H,12-13H2,1-4H3. The number of nitrogens with zero attached hydrogens (tertiary/aromatic N) is 2. The minimum Gasteiger partial charge on any atom is -0.490 e. The van der Waals surface area contributed by atoms with E-state index in [-0.39, 0.29) is 23.3 Å². The van der Waals surface area contributed by atoms with E-state index in [1.54, 1.807) is 29.2 Å². The fourth-order valence-electron chi connectivity index (χ4n) is 2.98. The minimum atomic E-state index is -3.78. The van der Waals surface area contributed by atoms with Gasteiger partial charge in [0, 0.05) is 18.9 Å². The second kappa shape index (κ2) is 7.43. The summed E-state index contributed by atoms with van der Waals surface area (Å²) in [5.74, 6) is 0.748. The molecular weight excluding hydrogens is 378 g/mol. The van der Waals surface area contributed by atoms with Crippen molar-refractivity contribution in [2.24, 2.45) is 11.3 Å². The molecule has 0 bridgehead atoms. The molecule has 1 aromatic carbocycles. The predicted molar refractivity (Wildman–Crippen MR) is 108 cm³/mol. The Morgan fingerprint density at radius 1 is 1.29 bits per heavy atom. The van der Waals surface area contributed by atoms with Crippen LogP contribution in [0.25, 0.3) is 0 Å². The Kier molecular flexibility index (Phi) is 5.34. The van der Waals surface area contributed by atoms with Crippen molar-refractivity contribution in [3.8, 4) is 5.75 Å². The molecule has 0 saturated carbocycles. The molecule has 0 unspecified atom stereocenters. The molecule has 7 nitrogen and oxygen atoms in total. The molecule has 3 rings (SSSR count). The molecule has 8 heteroatoms. The second-order valence-corrected chi connectivity index (χ2v) is 9.64. The average molecular weight is 404 g/mol. The highest BCUT2D eigenvalue weighted by Crippen LogP contribution is 2.39. The van der Waals surface area contributed by atoms with Gasteiger partial charge in [-0.05, 0) is 50.1 Å². The molecule has 2 aromatic rings. The predicted octanol–water partition coefficient (Wildman–Crippen LogP) is 3.29. The molecule has 2 heterocycles. The van der Waals surface area contributed by atoms with Crippen molar-refractivity contribution >= 4 is 27.3 Å². The average Bonchev–Trinajstić information content (AvgIpc) is 2.72. The summed E-state index contributed by atoms with van der Waals surface area (Å²) in [7, 11) is -3.78. The molecule has 1 aromatic heterocycles. The first-order valence-corrected chi connectivity index (χ1v) is 10.6. The highest BCUT2D eigenvalue weighted by Gasteiger charge is 2.38. The van der Waals surface area contributed by atoms with E-state index < -0.39 is 15.4 Å². The Labute approximate surface area is 165 Å². The second-order valence-electron chi connectivity index (χ2n) is 7.96. The molecule has 1 amide bonds. The molecule has 1 aliphatic heterocycles. The van der Waals surface area contributed by atoms with Crippen molar-refractivity contribution in [1.82, 2.24) is 4.98 Å². The van der Waals surface area contributed by atoms with Crippen LogP contribution in [0.1, 0.15) is 27.7 Å². The lowest BCUT2D eigenvalue weighted by Gasteiger charge is -2.29. The highest BCUT2D eigenvalue weighted by molar-refractivity contribution is 7.92. The molecule has 0 atom stereocenters. The summed E-state index contributed by atoms with van der Waals surface area (Å²) in [4.78, 5) is 18.7. The van der Waals surface area contributed by atoms with Crippen LogP contribution in [0.4, 0.5) is 11.4 Å². The number of carbonyl (C=O) groups is 1. The van der Waals surface area contributed by atoms with Gasteiger partial charge in [-0.3, -0.25) is 14.5 Å². The van der Waals surface area contributed by atoms with Crippen LogP contribution in [0, 0.1) is 11.3 Å². The smallest absolute Gasteiger partial charge is 0.263 e. The molecular formula is C20H25N3O4S. The van der Waals surface area contributed by atoms with E-state index in [4.69, 9.17) is 4.74 Å². The van der Waals surface area contributed by atoms with Crippen LogP contribution in [0.5, 0.6) is 5.75 Å². The summed E-state index contributed by atoms with van der Waals surface area (Å²) in [6.45, 7) is 8.52. The van der Waals surface area contributed by atoms with Crippen LogP contribution in [-0.2, 0) is 14.8 Å². The molecule has 1 N–H and O–H groups in total. The molecule has 0 aliphatic carbocycles. The maximum Gasteiger partial charge on any atom is 0.263 e. The number of anilines is 2. The Hall–Kier alpha value is -2.61. The number of carbonyl (C=O) groups excluding carboxylic acids is 1. The first kappa shape index (κ1) is 20.1. The number of sulfonamides is 1. The topological polar surface area (TPSA) is 88.6 Å². The summed E-state index contributed by atoms with van der Waals surface area (Å²) >= 11 is 0. The van der Waals surface area contributed by atoms with Crippen molar-refractivity contribution in [3.05, 3.63) is 42.7 Å². The highest BCUT2D eigenvalue weighted by atomic mass is 32.2. The van der Waals surface area contributed by atoms with Gasteiger partial charge in [0.1, 0.15) is 17.3 Å². The van der Waals surface area contributed by atoms with Crippen molar-refractivity contribution in [2.75, 3.05) is 22.8 Å². The lowest BCUT2D eigenvalue weighted by atomic mass is 9.92. The maximum absolute atomic E-state index is 13.1. The fourth-order valence-corrected chi connectivity index (χ4v) is 3.99. The van der Waals surface area contributed by atoms with E-state index in [1.807, 2.05) is 27.7 Å². The van der Waals surface area contributed by atoms with Gasteiger partial charge in [0.2, 0.25) is 5.91 Å². The van der Waals surface area contributed by atoms with E-state index in [0.29, 0.717) is 23.7 Å². The number of ether oxygens (including phenoxy) is 1. The third kappa shape index (κ3) is 4.11. The van der Waals surface area contributed by atoms with Gasteiger partial charge < -0.3 is 9.64 Å². The number of fused-ring (bicyclic) bond motifs is 1. The largest absolute Gasteiger partial charge is 0.490 e. The third-order valence-corrected chi connectivity index (χ3v) is 5.77. The number of nitrogens with one attached hydrogen (secondary N) is 1. The van der Waals surface area contributed by atoms with Gasteiger partial charge in [0.05, 0.1) is 16.8 Å². The summed E-state index contributed by atoms with van der Waals surface area (Å²) in [6, 6.07) is 8.00. The van der Waals surface area contributed by atoms with Gasteiger partial charge in [0.15, 0.2) is 0 Å². The lowest BCUT2D eigenvalue weighted by molar-refractivity contribution is -0.127. The molecule has 0 saturated heterocycles. The zero-order valence-corrected chi connectivity index (χ0v) is 17.3. The van der Waals surface area contributed by atoms with Crippen LogP contribution < -0.4 is 14.4 Å². The van der Waals surface area contributed by atoms with Crippen molar-refractivity contribution in [2.45, 2.75) is 32.6 Å². The van der Waals surface area contributed by atoms with Gasteiger partial charge in [-0.1, -0.05) is 13.8 Å². The van der Waals surface area contributed by atoms with Gasteiger partial charge >= 0.3 is 0 Å². The molecule has 0 spiro atoms. The Morgan fingerprint density at radius 2 is 2.04 bits per heavy atom. The van der Waals surface area contributed by atoms with Gasteiger partial charge in [-0.15, -0.1) is 0 Å². The summed E-state index contributed by atoms with van der Waals surface area (Å²) in [5.41, 5.74) is 0.242. The summed E-state index contributed by atoms with van der Waals surface area (Å²) < 4.78 is 33.6. The van der Waals surface area contributed by atoms with Crippen molar-refractivity contribution in [3.63, 3.8) is 0 Å². The van der Waals surface area contributed by atoms with Gasteiger partial charge in [-0.25, -0.2) is 8.42 Å². The van der Waals surface area contributed by atoms with E-state index in [9.17, 15) is 13.2 Å². The quantitative estimate of drug-likeness (QED) is 0.828. The van der Waals surface area contributed by atoms with Gasteiger partial charge in [0.25, 0.3) is 10.0 Å². The molecule has 0 radical (unpaired) electrons. The first-order valence-electron chi connectivity index (χ1n) is 9.12.